The molecule has 3 heterocycles. The van der Waals surface area contributed by atoms with E-state index in [4.69, 9.17) is 9.72 Å². The standard InChI is InChI=1S/C20H24N6O2/c1-14(2)22-20(27)26(15-6-4-3-5-7-15)19-23-17-16(8-9-21-17)18(24-19)25-10-12-28-13-11-25/h3-9,14H,10-13H2,1-2H3,(H,22,27)(H,21,23,24). The molecule has 1 aliphatic heterocycles. The number of amides is 2. The van der Waals surface area contributed by atoms with Gasteiger partial charge in [0.2, 0.25) is 5.95 Å². The summed E-state index contributed by atoms with van der Waals surface area (Å²) in [7, 11) is 0. The zero-order valence-corrected chi connectivity index (χ0v) is 16.1. The summed E-state index contributed by atoms with van der Waals surface area (Å²) in [6.45, 7) is 6.66. The smallest absolute Gasteiger partial charge is 0.329 e. The van der Waals surface area contributed by atoms with Crippen LogP contribution < -0.4 is 15.1 Å². The maximum atomic E-state index is 13.0. The van der Waals surface area contributed by atoms with Gasteiger partial charge in [-0.3, -0.25) is 0 Å². The lowest BCUT2D eigenvalue weighted by molar-refractivity contribution is 0.122. The summed E-state index contributed by atoms with van der Waals surface area (Å²) in [5.74, 6) is 1.14. The van der Waals surface area contributed by atoms with Crippen LogP contribution in [0, 0.1) is 0 Å². The largest absolute Gasteiger partial charge is 0.378 e. The average molecular weight is 380 g/mol. The fourth-order valence-electron chi connectivity index (χ4n) is 3.24. The number of benzene rings is 1. The van der Waals surface area contributed by atoms with E-state index in [-0.39, 0.29) is 12.1 Å². The minimum atomic E-state index is -0.264. The molecular weight excluding hydrogens is 356 g/mol. The number of ether oxygens (including phenoxy) is 1. The van der Waals surface area contributed by atoms with Crippen LogP contribution in [-0.2, 0) is 4.74 Å². The minimum absolute atomic E-state index is 0.00774. The number of nitrogens with zero attached hydrogens (tertiary/aromatic N) is 4. The highest BCUT2D eigenvalue weighted by atomic mass is 16.5. The Hall–Kier alpha value is -3.13. The van der Waals surface area contributed by atoms with Crippen molar-refractivity contribution in [2.75, 3.05) is 36.1 Å². The van der Waals surface area contributed by atoms with Gasteiger partial charge in [0, 0.05) is 25.3 Å². The van der Waals surface area contributed by atoms with Crippen LogP contribution in [-0.4, -0.2) is 53.3 Å². The number of nitrogens with one attached hydrogen (secondary N) is 2. The van der Waals surface area contributed by atoms with Gasteiger partial charge < -0.3 is 19.9 Å². The highest BCUT2D eigenvalue weighted by Gasteiger charge is 2.25. The Bertz CT molecular complexity index is 950. The monoisotopic (exact) mass is 380 g/mol. The van der Waals surface area contributed by atoms with Crippen molar-refractivity contribution >= 4 is 34.5 Å². The third-order valence-corrected chi connectivity index (χ3v) is 4.52. The number of urea groups is 1. The third-order valence-electron chi connectivity index (χ3n) is 4.52. The van der Waals surface area contributed by atoms with Crippen molar-refractivity contribution in [2.24, 2.45) is 0 Å². The number of fused-ring (bicyclic) bond motifs is 1. The Morgan fingerprint density at radius 2 is 1.93 bits per heavy atom. The molecule has 3 aromatic rings. The normalized spacial score (nSPS) is 14.5. The molecule has 1 aliphatic rings. The van der Waals surface area contributed by atoms with E-state index < -0.39 is 0 Å². The number of hydrogen-bond acceptors (Lipinski definition) is 5. The zero-order chi connectivity index (χ0) is 19.5. The first kappa shape index (κ1) is 18.2. The molecule has 146 valence electrons. The predicted octanol–water partition coefficient (Wildman–Crippen LogP) is 3.05. The molecule has 0 radical (unpaired) electrons. The van der Waals surface area contributed by atoms with Crippen molar-refractivity contribution in [1.29, 1.82) is 0 Å². The Morgan fingerprint density at radius 1 is 1.18 bits per heavy atom. The number of para-hydroxylation sites is 1. The summed E-state index contributed by atoms with van der Waals surface area (Å²) in [6.07, 6.45) is 1.84. The maximum Gasteiger partial charge on any atom is 0.329 e. The van der Waals surface area contributed by atoms with Gasteiger partial charge in [-0.15, -0.1) is 0 Å². The third kappa shape index (κ3) is 3.63. The van der Waals surface area contributed by atoms with Gasteiger partial charge in [0.25, 0.3) is 0 Å². The van der Waals surface area contributed by atoms with Crippen molar-refractivity contribution in [2.45, 2.75) is 19.9 Å². The molecule has 2 N–H and O–H groups in total. The summed E-state index contributed by atoms with van der Waals surface area (Å²) in [4.78, 5) is 29.3. The van der Waals surface area contributed by atoms with Crippen LogP contribution in [0.1, 0.15) is 13.8 Å². The lowest BCUT2D eigenvalue weighted by atomic mass is 10.3. The summed E-state index contributed by atoms with van der Waals surface area (Å²) in [5, 5.41) is 3.88. The zero-order valence-electron chi connectivity index (χ0n) is 16.1. The second-order valence-corrected chi connectivity index (χ2v) is 6.96. The van der Waals surface area contributed by atoms with E-state index in [2.05, 4.69) is 20.2 Å². The molecule has 2 amide bonds. The molecule has 0 bridgehead atoms. The molecule has 0 saturated carbocycles. The van der Waals surface area contributed by atoms with Crippen molar-refractivity contribution in [1.82, 2.24) is 20.3 Å². The first-order valence-electron chi connectivity index (χ1n) is 9.47. The molecule has 0 atom stereocenters. The van der Waals surface area contributed by atoms with Gasteiger partial charge in [-0.25, -0.2) is 9.69 Å². The second-order valence-electron chi connectivity index (χ2n) is 6.96. The molecule has 28 heavy (non-hydrogen) atoms. The van der Waals surface area contributed by atoms with Gasteiger partial charge in [0.1, 0.15) is 11.5 Å². The van der Waals surface area contributed by atoms with Gasteiger partial charge in [-0.1, -0.05) is 18.2 Å². The van der Waals surface area contributed by atoms with Crippen molar-refractivity contribution in [3.8, 4) is 0 Å². The van der Waals surface area contributed by atoms with E-state index in [1.165, 1.54) is 4.90 Å². The molecule has 1 aromatic carbocycles. The highest BCUT2D eigenvalue weighted by Crippen LogP contribution is 2.30. The Kier molecular flexibility index (Phi) is 5.12. The molecule has 8 nitrogen and oxygen atoms in total. The first-order chi connectivity index (χ1) is 13.6. The first-order valence-corrected chi connectivity index (χ1v) is 9.47. The van der Waals surface area contributed by atoms with Gasteiger partial charge in [0.05, 0.1) is 24.3 Å². The van der Waals surface area contributed by atoms with E-state index in [1.807, 2.05) is 56.4 Å². The number of rotatable bonds is 4. The molecular formula is C20H24N6O2. The molecule has 2 aromatic heterocycles. The van der Waals surface area contributed by atoms with Crippen molar-refractivity contribution in [3.63, 3.8) is 0 Å². The Balaban J connectivity index is 1.82. The molecule has 1 saturated heterocycles. The summed E-state index contributed by atoms with van der Waals surface area (Å²) in [5.41, 5.74) is 1.41. The van der Waals surface area contributed by atoms with Crippen LogP contribution in [0.2, 0.25) is 0 Å². The van der Waals surface area contributed by atoms with E-state index in [9.17, 15) is 4.79 Å². The van der Waals surface area contributed by atoms with Crippen LogP contribution in [0.25, 0.3) is 11.0 Å². The molecule has 0 unspecified atom stereocenters. The predicted molar refractivity (Wildman–Crippen MR) is 109 cm³/mol. The molecule has 8 heteroatoms. The summed E-state index contributed by atoms with van der Waals surface area (Å²) in [6, 6.07) is 11.1. The number of carbonyl (C=O) groups is 1. The Morgan fingerprint density at radius 3 is 2.64 bits per heavy atom. The number of anilines is 3. The lowest BCUT2D eigenvalue weighted by Crippen LogP contribution is -2.42. The van der Waals surface area contributed by atoms with Crippen molar-refractivity contribution in [3.05, 3.63) is 42.6 Å². The number of morpholine rings is 1. The van der Waals surface area contributed by atoms with Gasteiger partial charge in [-0.05, 0) is 32.0 Å². The van der Waals surface area contributed by atoms with Crippen LogP contribution in [0.3, 0.4) is 0 Å². The number of carbonyl (C=O) groups excluding carboxylic acids is 1. The van der Waals surface area contributed by atoms with E-state index in [0.29, 0.717) is 30.5 Å². The van der Waals surface area contributed by atoms with E-state index in [1.54, 1.807) is 0 Å². The topological polar surface area (TPSA) is 86.4 Å². The maximum absolute atomic E-state index is 13.0. The van der Waals surface area contributed by atoms with E-state index in [0.717, 1.165) is 24.3 Å². The Labute approximate surface area is 163 Å². The fraction of sp³-hybridized carbons (Fsp3) is 0.350. The summed E-state index contributed by atoms with van der Waals surface area (Å²) < 4.78 is 5.48. The van der Waals surface area contributed by atoms with Crippen molar-refractivity contribution < 1.29 is 9.53 Å². The van der Waals surface area contributed by atoms with E-state index >= 15 is 0 Å². The molecule has 4 rings (SSSR count). The highest BCUT2D eigenvalue weighted by molar-refractivity contribution is 5.99. The van der Waals surface area contributed by atoms with Gasteiger partial charge in [-0.2, -0.15) is 9.97 Å². The fourth-order valence-corrected chi connectivity index (χ4v) is 3.24. The van der Waals surface area contributed by atoms with Crippen LogP contribution in [0.15, 0.2) is 42.6 Å². The molecule has 0 spiro atoms. The summed E-state index contributed by atoms with van der Waals surface area (Å²) >= 11 is 0. The van der Waals surface area contributed by atoms with Crippen LogP contribution in [0.4, 0.5) is 22.2 Å². The van der Waals surface area contributed by atoms with Gasteiger partial charge >= 0.3 is 6.03 Å². The number of aromatic amines is 1. The van der Waals surface area contributed by atoms with Gasteiger partial charge in [0.15, 0.2) is 0 Å². The lowest BCUT2D eigenvalue weighted by Gasteiger charge is -2.29. The second kappa shape index (κ2) is 7.85. The molecule has 0 aliphatic carbocycles. The number of hydrogen-bond donors (Lipinski definition) is 2. The van der Waals surface area contributed by atoms with Crippen LogP contribution >= 0.6 is 0 Å². The van der Waals surface area contributed by atoms with Crippen LogP contribution in [0.5, 0.6) is 0 Å². The SMILES string of the molecule is CC(C)NC(=O)N(c1ccccc1)c1nc(N2CCOCC2)c2cc[nH]c2n1. The minimum Gasteiger partial charge on any atom is -0.378 e. The number of aromatic nitrogens is 3. The number of H-pyrrole nitrogens is 1. The molecule has 1 fully saturated rings. The quantitative estimate of drug-likeness (QED) is 0.726. The average Bonchev–Trinajstić information content (AvgIpc) is 3.17.